The van der Waals surface area contributed by atoms with Crippen LogP contribution in [0.4, 0.5) is 0 Å². The lowest BCUT2D eigenvalue weighted by molar-refractivity contribution is -0.119. The highest BCUT2D eigenvalue weighted by molar-refractivity contribution is 5.75. The second-order valence-corrected chi connectivity index (χ2v) is 7.36. The molecule has 1 saturated carbocycles. The van der Waals surface area contributed by atoms with Crippen molar-refractivity contribution in [2.45, 2.75) is 56.5 Å². The van der Waals surface area contributed by atoms with Crippen LogP contribution in [0.3, 0.4) is 0 Å². The maximum atomic E-state index is 10.9. The van der Waals surface area contributed by atoms with Crippen LogP contribution >= 0.6 is 0 Å². The number of aromatic nitrogens is 3. The average Bonchev–Trinajstić information content (AvgIpc) is 3.12. The first-order chi connectivity index (χ1) is 12.3. The molecule has 6 nitrogen and oxygen atoms in total. The molecule has 1 aliphatic carbocycles. The Bertz CT molecular complexity index is 736. The fourth-order valence-corrected chi connectivity index (χ4v) is 4.39. The molecule has 1 N–H and O–H groups in total. The molecule has 0 aromatic carbocycles. The zero-order valence-electron chi connectivity index (χ0n) is 14.8. The second kappa shape index (κ2) is 7.12. The molecular weight excluding hydrogens is 316 g/mol. The Labute approximate surface area is 148 Å². The van der Waals surface area contributed by atoms with Gasteiger partial charge in [-0.15, -0.1) is 0 Å². The number of likely N-dealkylation sites (tertiary alicyclic amines) is 1. The molecule has 134 valence electrons. The first-order valence-corrected chi connectivity index (χ1v) is 9.35. The van der Waals surface area contributed by atoms with Crippen LogP contribution in [0.5, 0.6) is 0 Å². The molecule has 1 aliphatic heterocycles. The molecule has 0 bridgehead atoms. The Morgan fingerprint density at radius 3 is 2.84 bits per heavy atom. The average molecular weight is 342 g/mol. The van der Waals surface area contributed by atoms with Crippen molar-refractivity contribution in [2.75, 3.05) is 20.2 Å². The van der Waals surface area contributed by atoms with Crippen LogP contribution in [0, 0.1) is 0 Å². The molecule has 2 atom stereocenters. The van der Waals surface area contributed by atoms with Gasteiger partial charge >= 0.3 is 0 Å². The number of piperidine rings is 1. The molecule has 2 aromatic rings. The van der Waals surface area contributed by atoms with Crippen LogP contribution in [-0.4, -0.2) is 52.6 Å². The van der Waals surface area contributed by atoms with E-state index < -0.39 is 0 Å². The standard InChI is InChI=1S/C19H26N4O2/c1-25-15-4-2-3-14(11-15)18-21-17-16(5-8-20-19(17)22-18)13-6-9-23(12-24)10-7-13/h5,8,12-15H,2-4,6-7,9-11H2,1H3,(H,20,21,22). The summed E-state index contributed by atoms with van der Waals surface area (Å²) in [6.07, 6.45) is 9.69. The van der Waals surface area contributed by atoms with Gasteiger partial charge in [0.05, 0.1) is 6.10 Å². The molecule has 3 heterocycles. The summed E-state index contributed by atoms with van der Waals surface area (Å²) < 4.78 is 5.57. The normalized spacial score (nSPS) is 25.4. The molecule has 4 rings (SSSR count). The number of ether oxygens (including phenoxy) is 1. The molecular formula is C19H26N4O2. The van der Waals surface area contributed by atoms with Gasteiger partial charge in [-0.05, 0) is 49.7 Å². The summed E-state index contributed by atoms with van der Waals surface area (Å²) in [6.45, 7) is 1.65. The lowest BCUT2D eigenvalue weighted by Gasteiger charge is -2.29. The number of aromatic amines is 1. The molecule has 1 amide bonds. The number of pyridine rings is 1. The number of hydrogen-bond donors (Lipinski definition) is 1. The highest BCUT2D eigenvalue weighted by atomic mass is 16.5. The number of fused-ring (bicyclic) bond motifs is 1. The summed E-state index contributed by atoms with van der Waals surface area (Å²) in [6, 6.07) is 2.10. The fraction of sp³-hybridized carbons (Fsp3) is 0.632. The Morgan fingerprint density at radius 1 is 1.24 bits per heavy atom. The lowest BCUT2D eigenvalue weighted by atomic mass is 9.86. The number of rotatable bonds is 4. The van der Waals surface area contributed by atoms with Crippen LogP contribution in [0.1, 0.15) is 61.7 Å². The molecule has 25 heavy (non-hydrogen) atoms. The van der Waals surface area contributed by atoms with Crippen molar-refractivity contribution in [3.05, 3.63) is 23.7 Å². The Kier molecular flexibility index (Phi) is 4.70. The number of H-pyrrole nitrogens is 1. The quantitative estimate of drug-likeness (QED) is 0.867. The molecule has 2 aromatic heterocycles. The van der Waals surface area contributed by atoms with Gasteiger partial charge < -0.3 is 14.6 Å². The van der Waals surface area contributed by atoms with E-state index in [2.05, 4.69) is 16.0 Å². The summed E-state index contributed by atoms with van der Waals surface area (Å²) >= 11 is 0. The largest absolute Gasteiger partial charge is 0.381 e. The van der Waals surface area contributed by atoms with E-state index in [0.29, 0.717) is 17.9 Å². The van der Waals surface area contributed by atoms with Gasteiger partial charge in [0.1, 0.15) is 11.3 Å². The molecule has 6 heteroatoms. The minimum atomic E-state index is 0.340. The SMILES string of the molecule is COC1CCCC(c2nc3c(C4CCN(C=O)CC4)ccnc3[nH]2)C1. The summed E-state index contributed by atoms with van der Waals surface area (Å²) in [7, 11) is 1.80. The zero-order chi connectivity index (χ0) is 17.2. The number of imidazole rings is 1. The third kappa shape index (κ3) is 3.27. The van der Waals surface area contributed by atoms with Gasteiger partial charge in [-0.2, -0.15) is 0 Å². The maximum absolute atomic E-state index is 10.9. The highest BCUT2D eigenvalue weighted by Crippen LogP contribution is 2.36. The number of nitrogens with one attached hydrogen (secondary N) is 1. The molecule has 2 aliphatic rings. The van der Waals surface area contributed by atoms with Crippen LogP contribution < -0.4 is 0 Å². The first kappa shape index (κ1) is 16.5. The monoisotopic (exact) mass is 342 g/mol. The van der Waals surface area contributed by atoms with Crippen molar-refractivity contribution in [2.24, 2.45) is 0 Å². The van der Waals surface area contributed by atoms with Crippen LogP contribution in [0.2, 0.25) is 0 Å². The van der Waals surface area contributed by atoms with Crippen LogP contribution in [0.15, 0.2) is 12.3 Å². The number of methoxy groups -OCH3 is 1. The maximum Gasteiger partial charge on any atom is 0.209 e. The van der Waals surface area contributed by atoms with Gasteiger partial charge in [0.2, 0.25) is 6.41 Å². The molecule has 2 fully saturated rings. The predicted octanol–water partition coefficient (Wildman–Crippen LogP) is 2.97. The topological polar surface area (TPSA) is 71.1 Å². The van der Waals surface area contributed by atoms with E-state index in [0.717, 1.165) is 68.6 Å². The Morgan fingerprint density at radius 2 is 2.08 bits per heavy atom. The van der Waals surface area contributed by atoms with Crippen LogP contribution in [-0.2, 0) is 9.53 Å². The van der Waals surface area contributed by atoms with Gasteiger partial charge in [0.25, 0.3) is 0 Å². The first-order valence-electron chi connectivity index (χ1n) is 9.35. The minimum absolute atomic E-state index is 0.340. The van der Waals surface area contributed by atoms with Gasteiger partial charge in [-0.25, -0.2) is 9.97 Å². The van der Waals surface area contributed by atoms with E-state index in [-0.39, 0.29) is 0 Å². The van der Waals surface area contributed by atoms with Crippen molar-refractivity contribution >= 4 is 17.6 Å². The number of carbonyl (C=O) groups excluding carboxylic acids is 1. The van der Waals surface area contributed by atoms with Gasteiger partial charge in [0, 0.05) is 32.3 Å². The van der Waals surface area contributed by atoms with Gasteiger partial charge in [-0.3, -0.25) is 4.79 Å². The smallest absolute Gasteiger partial charge is 0.209 e. The van der Waals surface area contributed by atoms with Gasteiger partial charge in [-0.1, -0.05) is 6.42 Å². The van der Waals surface area contributed by atoms with E-state index in [4.69, 9.17) is 9.72 Å². The van der Waals surface area contributed by atoms with E-state index in [1.54, 1.807) is 7.11 Å². The van der Waals surface area contributed by atoms with E-state index >= 15 is 0 Å². The third-order valence-corrected chi connectivity index (χ3v) is 5.90. The summed E-state index contributed by atoms with van der Waals surface area (Å²) in [4.78, 5) is 25.7. The third-order valence-electron chi connectivity index (χ3n) is 5.90. The van der Waals surface area contributed by atoms with Crippen LogP contribution in [0.25, 0.3) is 11.2 Å². The number of nitrogens with zero attached hydrogens (tertiary/aromatic N) is 3. The predicted molar refractivity (Wildman–Crippen MR) is 95.5 cm³/mol. The van der Waals surface area contributed by atoms with Gasteiger partial charge in [0.15, 0.2) is 5.65 Å². The second-order valence-electron chi connectivity index (χ2n) is 7.36. The van der Waals surface area contributed by atoms with E-state index in [1.165, 1.54) is 12.0 Å². The number of carbonyl (C=O) groups is 1. The highest BCUT2D eigenvalue weighted by Gasteiger charge is 2.27. The molecule has 0 radical (unpaired) electrons. The van der Waals surface area contributed by atoms with Crippen molar-refractivity contribution in [3.8, 4) is 0 Å². The number of hydrogen-bond acceptors (Lipinski definition) is 4. The van der Waals surface area contributed by atoms with E-state index in [9.17, 15) is 4.79 Å². The molecule has 0 spiro atoms. The zero-order valence-corrected chi connectivity index (χ0v) is 14.8. The molecule has 1 saturated heterocycles. The van der Waals surface area contributed by atoms with Crippen molar-refractivity contribution in [3.63, 3.8) is 0 Å². The molecule has 2 unspecified atom stereocenters. The minimum Gasteiger partial charge on any atom is -0.381 e. The number of amides is 1. The lowest BCUT2D eigenvalue weighted by Crippen LogP contribution is -2.31. The Hall–Kier alpha value is -1.95. The summed E-state index contributed by atoms with van der Waals surface area (Å²) in [5.74, 6) is 1.94. The summed E-state index contributed by atoms with van der Waals surface area (Å²) in [5, 5.41) is 0. The van der Waals surface area contributed by atoms with E-state index in [1.807, 2.05) is 11.1 Å². The van der Waals surface area contributed by atoms with Crippen molar-refractivity contribution in [1.82, 2.24) is 19.9 Å². The van der Waals surface area contributed by atoms with Crippen molar-refractivity contribution in [1.29, 1.82) is 0 Å². The summed E-state index contributed by atoms with van der Waals surface area (Å²) in [5.41, 5.74) is 3.18. The fourth-order valence-electron chi connectivity index (χ4n) is 4.39. The van der Waals surface area contributed by atoms with Crippen molar-refractivity contribution < 1.29 is 9.53 Å². The Balaban J connectivity index is 1.59.